The van der Waals surface area contributed by atoms with Gasteiger partial charge in [0.1, 0.15) is 0 Å². The summed E-state index contributed by atoms with van der Waals surface area (Å²) in [6, 6.07) is 0. The van der Waals surface area contributed by atoms with Crippen molar-refractivity contribution in [3.05, 3.63) is 0 Å². The largest absolute Gasteiger partial charge is 0.351 e. The molecule has 0 aromatic rings. The number of hydrogen-bond acceptors (Lipinski definition) is 1. The highest BCUT2D eigenvalue weighted by molar-refractivity contribution is 5.78. The van der Waals surface area contributed by atoms with Crippen LogP contribution in [0.25, 0.3) is 0 Å². The van der Waals surface area contributed by atoms with Crippen molar-refractivity contribution in [2.24, 2.45) is 11.3 Å². The number of nitrogens with one attached hydrogen (secondary N) is 1. The molecule has 0 heterocycles. The van der Waals surface area contributed by atoms with E-state index in [1.54, 1.807) is 0 Å². The van der Waals surface area contributed by atoms with Crippen molar-refractivity contribution < 1.29 is 4.79 Å². The van der Waals surface area contributed by atoms with Crippen LogP contribution in [-0.2, 0) is 4.79 Å². The summed E-state index contributed by atoms with van der Waals surface area (Å²) in [5.74, 6) is 0.229. The fraction of sp³-hybridized carbons (Fsp3) is 0.929. The number of carbonyl (C=O) groups is 1. The highest BCUT2D eigenvalue weighted by Crippen LogP contribution is 2.32. The molecule has 0 bridgehead atoms. The van der Waals surface area contributed by atoms with E-state index in [4.69, 9.17) is 0 Å². The number of amides is 1. The minimum atomic E-state index is -0.0686. The van der Waals surface area contributed by atoms with Crippen molar-refractivity contribution in [3.63, 3.8) is 0 Å². The van der Waals surface area contributed by atoms with Crippen molar-refractivity contribution >= 4 is 5.91 Å². The minimum absolute atomic E-state index is 0.0654. The molecule has 1 unspecified atom stereocenters. The van der Waals surface area contributed by atoms with Crippen molar-refractivity contribution in [1.29, 1.82) is 0 Å². The lowest BCUT2D eigenvalue weighted by atomic mass is 9.76. The minimum Gasteiger partial charge on any atom is -0.351 e. The molecule has 0 aliphatic rings. The molecule has 2 heteroatoms. The zero-order valence-corrected chi connectivity index (χ0v) is 12.1. The molecule has 96 valence electrons. The lowest BCUT2D eigenvalue weighted by molar-refractivity contribution is -0.126. The third kappa shape index (κ3) is 5.00. The van der Waals surface area contributed by atoms with Gasteiger partial charge in [-0.05, 0) is 25.2 Å². The van der Waals surface area contributed by atoms with Gasteiger partial charge in [0, 0.05) is 11.5 Å². The Kier molecular flexibility index (Phi) is 5.51. The normalized spacial score (nSPS) is 16.0. The van der Waals surface area contributed by atoms with Crippen molar-refractivity contribution in [2.45, 2.75) is 73.3 Å². The summed E-state index contributed by atoms with van der Waals surface area (Å²) in [6.07, 6.45) is 3.15. The molecule has 0 saturated heterocycles. The van der Waals surface area contributed by atoms with Crippen LogP contribution < -0.4 is 5.32 Å². The van der Waals surface area contributed by atoms with Gasteiger partial charge in [0.15, 0.2) is 0 Å². The number of carbonyl (C=O) groups excluding carboxylic acids is 1. The summed E-state index contributed by atoms with van der Waals surface area (Å²) in [7, 11) is 0. The lowest BCUT2D eigenvalue weighted by Gasteiger charge is -2.37. The van der Waals surface area contributed by atoms with Gasteiger partial charge in [-0.3, -0.25) is 4.79 Å². The first-order valence-electron chi connectivity index (χ1n) is 6.48. The Hall–Kier alpha value is -0.530. The van der Waals surface area contributed by atoms with Crippen LogP contribution in [0.1, 0.15) is 67.7 Å². The van der Waals surface area contributed by atoms with Crippen LogP contribution in [0.4, 0.5) is 0 Å². The van der Waals surface area contributed by atoms with Gasteiger partial charge >= 0.3 is 0 Å². The molecule has 0 spiro atoms. The molecule has 0 rings (SSSR count). The van der Waals surface area contributed by atoms with E-state index in [0.717, 1.165) is 19.3 Å². The van der Waals surface area contributed by atoms with Gasteiger partial charge in [-0.1, -0.05) is 48.0 Å². The van der Waals surface area contributed by atoms with Crippen molar-refractivity contribution in [1.82, 2.24) is 5.32 Å². The summed E-state index contributed by atoms with van der Waals surface area (Å²) in [4.78, 5) is 11.8. The standard InChI is InChI=1S/C14H29NO/c1-8-13(5,6)10-14(7,9-2)15-12(16)11(3)4/h11H,8-10H2,1-7H3,(H,15,16). The maximum absolute atomic E-state index is 11.8. The molecule has 1 N–H and O–H groups in total. The number of hydrogen-bond donors (Lipinski definition) is 1. The van der Waals surface area contributed by atoms with Crippen LogP contribution in [-0.4, -0.2) is 11.4 Å². The summed E-state index contributed by atoms with van der Waals surface area (Å²) < 4.78 is 0. The van der Waals surface area contributed by atoms with Gasteiger partial charge in [0.2, 0.25) is 5.91 Å². The van der Waals surface area contributed by atoms with Gasteiger partial charge < -0.3 is 5.32 Å². The predicted molar refractivity (Wildman–Crippen MR) is 70.4 cm³/mol. The quantitative estimate of drug-likeness (QED) is 0.735. The second-order valence-electron chi connectivity index (χ2n) is 6.25. The van der Waals surface area contributed by atoms with Gasteiger partial charge in [-0.15, -0.1) is 0 Å². The van der Waals surface area contributed by atoms with E-state index in [9.17, 15) is 4.79 Å². The Bertz CT molecular complexity index is 233. The fourth-order valence-corrected chi connectivity index (χ4v) is 1.88. The van der Waals surface area contributed by atoms with Crippen molar-refractivity contribution in [2.75, 3.05) is 0 Å². The van der Waals surface area contributed by atoms with Crippen LogP contribution in [0.15, 0.2) is 0 Å². The first-order chi connectivity index (χ1) is 7.16. The molecular formula is C14H29NO. The van der Waals surface area contributed by atoms with Gasteiger partial charge in [0.05, 0.1) is 0 Å². The van der Waals surface area contributed by atoms with Crippen LogP contribution in [0.5, 0.6) is 0 Å². The fourth-order valence-electron chi connectivity index (χ4n) is 1.88. The molecule has 1 amide bonds. The van der Waals surface area contributed by atoms with E-state index in [0.29, 0.717) is 0 Å². The van der Waals surface area contributed by atoms with Crippen LogP contribution >= 0.6 is 0 Å². The van der Waals surface area contributed by atoms with Gasteiger partial charge in [-0.25, -0.2) is 0 Å². The highest BCUT2D eigenvalue weighted by atomic mass is 16.2. The Morgan fingerprint density at radius 3 is 1.94 bits per heavy atom. The first kappa shape index (κ1) is 15.5. The average Bonchev–Trinajstić information content (AvgIpc) is 2.16. The molecule has 0 fully saturated rings. The Morgan fingerprint density at radius 2 is 1.62 bits per heavy atom. The van der Waals surface area contributed by atoms with E-state index in [1.165, 1.54) is 0 Å². The van der Waals surface area contributed by atoms with Crippen LogP contribution in [0.2, 0.25) is 0 Å². The predicted octanol–water partition coefficient (Wildman–Crippen LogP) is 3.75. The molecule has 16 heavy (non-hydrogen) atoms. The van der Waals surface area contributed by atoms with E-state index in [1.807, 2.05) is 13.8 Å². The molecule has 0 saturated carbocycles. The second kappa shape index (κ2) is 5.70. The lowest BCUT2D eigenvalue weighted by Crippen LogP contribution is -2.49. The number of rotatable bonds is 6. The third-order valence-corrected chi connectivity index (χ3v) is 3.56. The van der Waals surface area contributed by atoms with Gasteiger partial charge in [0.25, 0.3) is 0 Å². The van der Waals surface area contributed by atoms with Gasteiger partial charge in [-0.2, -0.15) is 0 Å². The third-order valence-electron chi connectivity index (χ3n) is 3.56. The zero-order valence-electron chi connectivity index (χ0n) is 12.1. The van der Waals surface area contributed by atoms with Crippen LogP contribution in [0, 0.1) is 11.3 Å². The SMILES string of the molecule is CCC(C)(C)CC(C)(CC)NC(=O)C(C)C. The molecule has 0 aliphatic heterocycles. The molecule has 0 radical (unpaired) electrons. The summed E-state index contributed by atoms with van der Waals surface area (Å²) in [5, 5.41) is 3.19. The Morgan fingerprint density at radius 1 is 1.12 bits per heavy atom. The van der Waals surface area contributed by atoms with E-state index in [2.05, 4.69) is 39.9 Å². The topological polar surface area (TPSA) is 29.1 Å². The molecule has 1 atom stereocenters. The van der Waals surface area contributed by atoms with E-state index in [-0.39, 0.29) is 22.8 Å². The van der Waals surface area contributed by atoms with E-state index >= 15 is 0 Å². The van der Waals surface area contributed by atoms with Crippen LogP contribution in [0.3, 0.4) is 0 Å². The molecule has 0 aromatic carbocycles. The summed E-state index contributed by atoms with van der Waals surface area (Å²) in [6.45, 7) is 14.9. The van der Waals surface area contributed by atoms with Crippen molar-refractivity contribution in [3.8, 4) is 0 Å². The maximum atomic E-state index is 11.8. The molecular weight excluding hydrogens is 198 g/mol. The zero-order chi connectivity index (χ0) is 13.0. The maximum Gasteiger partial charge on any atom is 0.222 e. The van der Waals surface area contributed by atoms with E-state index < -0.39 is 0 Å². The average molecular weight is 227 g/mol. The molecule has 2 nitrogen and oxygen atoms in total. The summed E-state index contributed by atoms with van der Waals surface area (Å²) in [5.41, 5.74) is 0.218. The highest BCUT2D eigenvalue weighted by Gasteiger charge is 2.31. The summed E-state index contributed by atoms with van der Waals surface area (Å²) >= 11 is 0. The monoisotopic (exact) mass is 227 g/mol. The Labute approximate surface area is 101 Å². The Balaban J connectivity index is 4.60. The molecule has 0 aromatic heterocycles. The first-order valence-corrected chi connectivity index (χ1v) is 6.48. The second-order valence-corrected chi connectivity index (χ2v) is 6.25. The molecule has 0 aliphatic carbocycles. The smallest absolute Gasteiger partial charge is 0.222 e.